The summed E-state index contributed by atoms with van der Waals surface area (Å²) in [5, 5.41) is 3.42. The molecule has 1 saturated carbocycles. The van der Waals surface area contributed by atoms with E-state index < -0.39 is 0 Å². The Balaban J connectivity index is 1.65. The van der Waals surface area contributed by atoms with Crippen LogP contribution in [0.25, 0.3) is 0 Å². The van der Waals surface area contributed by atoms with E-state index in [1.807, 2.05) is 6.92 Å². The average molecular weight is 224 g/mol. The van der Waals surface area contributed by atoms with E-state index in [-0.39, 0.29) is 0 Å². The molecule has 4 nitrogen and oxygen atoms in total. The molecule has 1 heterocycles. The fraction of sp³-hybridized carbons (Fsp3) is 0.750. The van der Waals surface area contributed by atoms with Crippen LogP contribution in [0.2, 0.25) is 0 Å². The summed E-state index contributed by atoms with van der Waals surface area (Å²) in [7, 11) is 0. The minimum Gasteiger partial charge on any atom is -0.444 e. The van der Waals surface area contributed by atoms with Crippen LogP contribution in [0, 0.1) is 0 Å². The topological polar surface area (TPSA) is 47.3 Å². The Morgan fingerprint density at radius 3 is 2.94 bits per heavy atom. The molecule has 0 saturated heterocycles. The lowest BCUT2D eigenvalue weighted by Crippen LogP contribution is -2.45. The third kappa shape index (κ3) is 2.83. The maximum atomic E-state index is 5.52. The molecule has 0 aromatic carbocycles. The quantitative estimate of drug-likeness (QED) is 0.801. The number of rotatable bonds is 6. The van der Waals surface area contributed by atoms with Gasteiger partial charge >= 0.3 is 0 Å². The Kier molecular flexibility index (Phi) is 3.96. The highest BCUT2D eigenvalue weighted by atomic mass is 16.5. The van der Waals surface area contributed by atoms with Crippen molar-refractivity contribution in [1.82, 2.24) is 10.3 Å². The van der Waals surface area contributed by atoms with Gasteiger partial charge in [0.15, 0.2) is 0 Å². The molecule has 0 amide bonds. The molecule has 1 aromatic heterocycles. The Bertz CT molecular complexity index is 319. The molecule has 1 fully saturated rings. The predicted molar refractivity (Wildman–Crippen MR) is 61.2 cm³/mol. The largest absolute Gasteiger partial charge is 0.444 e. The number of nitrogens with one attached hydrogen (secondary N) is 1. The third-order valence-corrected chi connectivity index (χ3v) is 2.99. The lowest BCUT2D eigenvalue weighted by molar-refractivity contribution is -0.0106. The molecule has 90 valence electrons. The molecular formula is C12H20N2O2. The van der Waals surface area contributed by atoms with Crippen LogP contribution in [0.3, 0.4) is 0 Å². The highest BCUT2D eigenvalue weighted by Gasteiger charge is 2.29. The number of oxazole rings is 1. The lowest BCUT2D eigenvalue weighted by atomic mass is 9.89. The van der Waals surface area contributed by atoms with Crippen LogP contribution in [-0.4, -0.2) is 23.7 Å². The van der Waals surface area contributed by atoms with Crippen LogP contribution in [0.15, 0.2) is 10.6 Å². The maximum absolute atomic E-state index is 5.52. The van der Waals surface area contributed by atoms with E-state index in [2.05, 4.69) is 17.2 Å². The standard InChI is InChI=1S/C12H20N2O2/c1-3-10-7-14-12(16-10)8-13-9-5-11(6-9)15-4-2/h7,9,11,13H,3-6,8H2,1-2H3. The van der Waals surface area contributed by atoms with Crippen molar-refractivity contribution in [2.75, 3.05) is 6.61 Å². The summed E-state index contributed by atoms with van der Waals surface area (Å²) >= 11 is 0. The first-order valence-corrected chi connectivity index (χ1v) is 6.10. The summed E-state index contributed by atoms with van der Waals surface area (Å²) in [6.07, 6.45) is 5.38. The number of aromatic nitrogens is 1. The summed E-state index contributed by atoms with van der Waals surface area (Å²) in [6.45, 7) is 5.65. The van der Waals surface area contributed by atoms with Crippen molar-refractivity contribution < 1.29 is 9.15 Å². The van der Waals surface area contributed by atoms with Gasteiger partial charge in [0.1, 0.15) is 5.76 Å². The highest BCUT2D eigenvalue weighted by Crippen LogP contribution is 2.23. The molecule has 1 N–H and O–H groups in total. The number of aryl methyl sites for hydroxylation is 1. The van der Waals surface area contributed by atoms with Crippen molar-refractivity contribution in [1.29, 1.82) is 0 Å². The van der Waals surface area contributed by atoms with Crippen molar-refractivity contribution in [3.8, 4) is 0 Å². The van der Waals surface area contributed by atoms with E-state index in [9.17, 15) is 0 Å². The van der Waals surface area contributed by atoms with Crippen LogP contribution in [0.5, 0.6) is 0 Å². The molecule has 0 aliphatic heterocycles. The highest BCUT2D eigenvalue weighted by molar-refractivity contribution is 4.94. The second-order valence-electron chi connectivity index (χ2n) is 4.20. The molecule has 1 aromatic rings. The van der Waals surface area contributed by atoms with E-state index in [0.717, 1.165) is 44.1 Å². The SMILES string of the molecule is CCOC1CC(NCc2ncc(CC)o2)C1. The minimum atomic E-state index is 0.457. The van der Waals surface area contributed by atoms with Crippen LogP contribution in [-0.2, 0) is 17.7 Å². The average Bonchev–Trinajstić information content (AvgIpc) is 2.69. The fourth-order valence-electron chi connectivity index (χ4n) is 1.93. The van der Waals surface area contributed by atoms with Gasteiger partial charge in [0.05, 0.1) is 18.8 Å². The summed E-state index contributed by atoms with van der Waals surface area (Å²) in [5.41, 5.74) is 0. The van der Waals surface area contributed by atoms with Crippen molar-refractivity contribution in [3.63, 3.8) is 0 Å². The van der Waals surface area contributed by atoms with Crippen LogP contribution < -0.4 is 5.32 Å². The van der Waals surface area contributed by atoms with Gasteiger partial charge in [-0.25, -0.2) is 4.98 Å². The van der Waals surface area contributed by atoms with E-state index in [1.54, 1.807) is 6.20 Å². The van der Waals surface area contributed by atoms with Crippen LogP contribution >= 0.6 is 0 Å². The van der Waals surface area contributed by atoms with E-state index in [1.165, 1.54) is 0 Å². The number of hydrogen-bond donors (Lipinski definition) is 1. The predicted octanol–water partition coefficient (Wildman–Crippen LogP) is 1.89. The van der Waals surface area contributed by atoms with E-state index >= 15 is 0 Å². The zero-order chi connectivity index (χ0) is 11.4. The third-order valence-electron chi connectivity index (χ3n) is 2.99. The summed E-state index contributed by atoms with van der Waals surface area (Å²) in [5.74, 6) is 1.74. The van der Waals surface area contributed by atoms with Gasteiger partial charge in [-0.05, 0) is 19.8 Å². The molecule has 0 radical (unpaired) electrons. The molecule has 1 aliphatic rings. The Hall–Kier alpha value is -0.870. The molecule has 0 bridgehead atoms. The second kappa shape index (κ2) is 5.46. The van der Waals surface area contributed by atoms with Gasteiger partial charge in [-0.2, -0.15) is 0 Å². The molecule has 16 heavy (non-hydrogen) atoms. The van der Waals surface area contributed by atoms with E-state index in [4.69, 9.17) is 9.15 Å². The molecule has 0 atom stereocenters. The molecule has 0 spiro atoms. The zero-order valence-corrected chi connectivity index (χ0v) is 10.0. The Labute approximate surface area is 96.4 Å². The summed E-state index contributed by atoms with van der Waals surface area (Å²) in [6, 6.07) is 0.563. The molecule has 0 unspecified atom stereocenters. The van der Waals surface area contributed by atoms with Gasteiger partial charge in [-0.1, -0.05) is 6.92 Å². The summed E-state index contributed by atoms with van der Waals surface area (Å²) < 4.78 is 11.0. The van der Waals surface area contributed by atoms with Crippen molar-refractivity contribution in [2.24, 2.45) is 0 Å². The molecule has 2 rings (SSSR count). The number of nitrogens with zero attached hydrogens (tertiary/aromatic N) is 1. The Morgan fingerprint density at radius 1 is 1.50 bits per heavy atom. The first-order chi connectivity index (χ1) is 7.81. The monoisotopic (exact) mass is 224 g/mol. The number of ether oxygens (including phenoxy) is 1. The molecular weight excluding hydrogens is 204 g/mol. The summed E-state index contributed by atoms with van der Waals surface area (Å²) in [4.78, 5) is 4.21. The normalized spacial score (nSPS) is 24.4. The van der Waals surface area contributed by atoms with E-state index in [0.29, 0.717) is 12.1 Å². The van der Waals surface area contributed by atoms with Crippen molar-refractivity contribution in [3.05, 3.63) is 17.8 Å². The first kappa shape index (κ1) is 11.6. The van der Waals surface area contributed by atoms with Gasteiger partial charge < -0.3 is 14.5 Å². The van der Waals surface area contributed by atoms with Gasteiger partial charge in [0, 0.05) is 19.1 Å². The van der Waals surface area contributed by atoms with Crippen molar-refractivity contribution in [2.45, 2.75) is 51.8 Å². The first-order valence-electron chi connectivity index (χ1n) is 6.10. The second-order valence-corrected chi connectivity index (χ2v) is 4.20. The number of hydrogen-bond acceptors (Lipinski definition) is 4. The van der Waals surface area contributed by atoms with Gasteiger partial charge in [0.2, 0.25) is 5.89 Å². The van der Waals surface area contributed by atoms with Gasteiger partial charge in [-0.3, -0.25) is 0 Å². The smallest absolute Gasteiger partial charge is 0.208 e. The maximum Gasteiger partial charge on any atom is 0.208 e. The Morgan fingerprint density at radius 2 is 2.31 bits per heavy atom. The minimum absolute atomic E-state index is 0.457. The lowest BCUT2D eigenvalue weighted by Gasteiger charge is -2.35. The fourth-order valence-corrected chi connectivity index (χ4v) is 1.93. The molecule has 4 heteroatoms. The van der Waals surface area contributed by atoms with Crippen LogP contribution in [0.4, 0.5) is 0 Å². The zero-order valence-electron chi connectivity index (χ0n) is 10.0. The van der Waals surface area contributed by atoms with Gasteiger partial charge in [-0.15, -0.1) is 0 Å². The van der Waals surface area contributed by atoms with Crippen molar-refractivity contribution >= 4 is 0 Å². The van der Waals surface area contributed by atoms with Crippen LogP contribution in [0.1, 0.15) is 38.3 Å². The molecule has 1 aliphatic carbocycles. The van der Waals surface area contributed by atoms with Gasteiger partial charge in [0.25, 0.3) is 0 Å².